The second-order valence-corrected chi connectivity index (χ2v) is 4.56. The van der Waals surface area contributed by atoms with E-state index < -0.39 is 11.5 Å². The number of nitrogens with zero attached hydrogens (tertiary/aromatic N) is 2. The van der Waals surface area contributed by atoms with Crippen molar-refractivity contribution in [1.82, 2.24) is 15.1 Å². The quantitative estimate of drug-likeness (QED) is 0.800. The van der Waals surface area contributed by atoms with Gasteiger partial charge in [0.25, 0.3) is 5.91 Å². The first-order chi connectivity index (χ1) is 8.01. The van der Waals surface area contributed by atoms with Gasteiger partial charge in [0.1, 0.15) is 0 Å². The SMILES string of the molecule is Cn1cc(C(=O)NC2(CC(=O)O)CCC2)cn1. The summed E-state index contributed by atoms with van der Waals surface area (Å²) in [4.78, 5) is 22.7. The van der Waals surface area contributed by atoms with Crippen LogP contribution in [-0.4, -0.2) is 32.3 Å². The highest BCUT2D eigenvalue weighted by atomic mass is 16.4. The molecular formula is C11H15N3O3. The molecule has 1 amide bonds. The first kappa shape index (κ1) is 11.6. The van der Waals surface area contributed by atoms with Crippen molar-refractivity contribution in [3.05, 3.63) is 18.0 Å². The molecule has 6 heteroatoms. The molecule has 92 valence electrons. The molecule has 17 heavy (non-hydrogen) atoms. The first-order valence-corrected chi connectivity index (χ1v) is 5.54. The number of carbonyl (C=O) groups excluding carboxylic acids is 1. The molecule has 0 saturated heterocycles. The average molecular weight is 237 g/mol. The minimum Gasteiger partial charge on any atom is -0.481 e. The molecular weight excluding hydrogens is 222 g/mol. The molecule has 1 aromatic rings. The van der Waals surface area contributed by atoms with Crippen LogP contribution < -0.4 is 5.32 Å². The van der Waals surface area contributed by atoms with Gasteiger partial charge in [-0.3, -0.25) is 14.3 Å². The van der Waals surface area contributed by atoms with Crippen LogP contribution in [0.4, 0.5) is 0 Å². The maximum atomic E-state index is 11.9. The van der Waals surface area contributed by atoms with Crippen LogP contribution in [0.3, 0.4) is 0 Å². The van der Waals surface area contributed by atoms with Gasteiger partial charge >= 0.3 is 5.97 Å². The highest BCUT2D eigenvalue weighted by Gasteiger charge is 2.40. The zero-order valence-corrected chi connectivity index (χ0v) is 9.64. The lowest BCUT2D eigenvalue weighted by Gasteiger charge is -2.41. The predicted molar refractivity (Wildman–Crippen MR) is 59.5 cm³/mol. The minimum absolute atomic E-state index is 0.0149. The van der Waals surface area contributed by atoms with Gasteiger partial charge in [0.2, 0.25) is 0 Å². The summed E-state index contributed by atoms with van der Waals surface area (Å²) in [5.74, 6) is -1.13. The van der Waals surface area contributed by atoms with Crippen molar-refractivity contribution >= 4 is 11.9 Å². The third kappa shape index (κ3) is 2.46. The standard InChI is InChI=1S/C11H15N3O3/c1-14-7-8(6-12-14)10(17)13-11(3-2-4-11)5-9(15)16/h6-7H,2-5H2,1H3,(H,13,17)(H,15,16). The fraction of sp³-hybridized carbons (Fsp3) is 0.545. The second kappa shape index (κ2) is 4.20. The van der Waals surface area contributed by atoms with Crippen LogP contribution in [0.2, 0.25) is 0 Å². The van der Waals surface area contributed by atoms with Crippen LogP contribution >= 0.6 is 0 Å². The molecule has 2 N–H and O–H groups in total. The van der Waals surface area contributed by atoms with Crippen molar-refractivity contribution in [1.29, 1.82) is 0 Å². The number of carboxylic acids is 1. The van der Waals surface area contributed by atoms with E-state index in [0.717, 1.165) is 19.3 Å². The molecule has 0 aliphatic heterocycles. The predicted octanol–water partition coefficient (Wildman–Crippen LogP) is 0.547. The maximum absolute atomic E-state index is 11.9. The maximum Gasteiger partial charge on any atom is 0.305 e. The Labute approximate surface area is 98.6 Å². The van der Waals surface area contributed by atoms with Crippen molar-refractivity contribution in [2.24, 2.45) is 7.05 Å². The van der Waals surface area contributed by atoms with E-state index in [1.54, 1.807) is 17.9 Å². The van der Waals surface area contributed by atoms with Gasteiger partial charge in [-0.25, -0.2) is 0 Å². The smallest absolute Gasteiger partial charge is 0.305 e. The number of aliphatic carboxylic acids is 1. The number of carbonyl (C=O) groups is 2. The largest absolute Gasteiger partial charge is 0.481 e. The molecule has 0 unspecified atom stereocenters. The zero-order chi connectivity index (χ0) is 12.5. The van der Waals surface area contributed by atoms with Crippen LogP contribution in [0.5, 0.6) is 0 Å². The van der Waals surface area contributed by atoms with Gasteiger partial charge in [-0.2, -0.15) is 5.10 Å². The fourth-order valence-electron chi connectivity index (χ4n) is 2.09. The van der Waals surface area contributed by atoms with Crippen LogP contribution in [-0.2, 0) is 11.8 Å². The summed E-state index contributed by atoms with van der Waals surface area (Å²) in [6.45, 7) is 0. The molecule has 1 saturated carbocycles. The van der Waals surface area contributed by atoms with Crippen LogP contribution in [0.25, 0.3) is 0 Å². The summed E-state index contributed by atoms with van der Waals surface area (Å²) in [6.07, 6.45) is 5.49. The molecule has 0 radical (unpaired) electrons. The number of carboxylic acid groups (broad SMARTS) is 1. The lowest BCUT2D eigenvalue weighted by atomic mass is 9.74. The van der Waals surface area contributed by atoms with Gasteiger partial charge in [-0.1, -0.05) is 0 Å². The van der Waals surface area contributed by atoms with Crippen LogP contribution in [0.15, 0.2) is 12.4 Å². The highest BCUT2D eigenvalue weighted by Crippen LogP contribution is 2.35. The number of aromatic nitrogens is 2. The summed E-state index contributed by atoms with van der Waals surface area (Å²) in [6, 6.07) is 0. The molecule has 0 spiro atoms. The molecule has 2 rings (SSSR count). The molecule has 1 heterocycles. The summed E-state index contributed by atoms with van der Waals surface area (Å²) < 4.78 is 1.54. The molecule has 6 nitrogen and oxygen atoms in total. The number of amides is 1. The van der Waals surface area contributed by atoms with Crippen LogP contribution in [0.1, 0.15) is 36.0 Å². The van der Waals surface area contributed by atoms with E-state index in [-0.39, 0.29) is 12.3 Å². The van der Waals surface area contributed by atoms with Crippen molar-refractivity contribution in [3.8, 4) is 0 Å². The molecule has 0 bridgehead atoms. The van der Waals surface area contributed by atoms with Crippen molar-refractivity contribution in [3.63, 3.8) is 0 Å². The summed E-state index contributed by atoms with van der Waals surface area (Å²) in [5, 5.41) is 15.6. The summed E-state index contributed by atoms with van der Waals surface area (Å²) >= 11 is 0. The number of hydrogen-bond donors (Lipinski definition) is 2. The first-order valence-electron chi connectivity index (χ1n) is 5.54. The number of hydrogen-bond acceptors (Lipinski definition) is 3. The van der Waals surface area contributed by atoms with Gasteiger partial charge in [-0.15, -0.1) is 0 Å². The van der Waals surface area contributed by atoms with Crippen molar-refractivity contribution < 1.29 is 14.7 Å². The van der Waals surface area contributed by atoms with E-state index in [2.05, 4.69) is 10.4 Å². The van der Waals surface area contributed by atoms with Gasteiger partial charge in [0.15, 0.2) is 0 Å². The zero-order valence-electron chi connectivity index (χ0n) is 9.64. The van der Waals surface area contributed by atoms with E-state index in [1.807, 2.05) is 0 Å². The monoisotopic (exact) mass is 237 g/mol. The van der Waals surface area contributed by atoms with E-state index >= 15 is 0 Å². The number of rotatable bonds is 4. The van der Waals surface area contributed by atoms with E-state index in [0.29, 0.717) is 5.56 Å². The number of nitrogens with one attached hydrogen (secondary N) is 1. The lowest BCUT2D eigenvalue weighted by Crippen LogP contribution is -2.54. The average Bonchev–Trinajstić information content (AvgIpc) is 2.60. The van der Waals surface area contributed by atoms with E-state index in [1.165, 1.54) is 6.20 Å². The Morgan fingerprint density at radius 3 is 2.71 bits per heavy atom. The second-order valence-electron chi connectivity index (χ2n) is 4.56. The Bertz CT molecular complexity index is 449. The Balaban J connectivity index is 2.04. The van der Waals surface area contributed by atoms with Crippen molar-refractivity contribution in [2.75, 3.05) is 0 Å². The Hall–Kier alpha value is -1.85. The topological polar surface area (TPSA) is 84.2 Å². The van der Waals surface area contributed by atoms with Crippen LogP contribution in [0, 0.1) is 0 Å². The number of aryl methyl sites for hydroxylation is 1. The third-order valence-corrected chi connectivity index (χ3v) is 3.15. The van der Waals surface area contributed by atoms with Gasteiger partial charge < -0.3 is 10.4 Å². The Kier molecular flexibility index (Phi) is 2.87. The fourth-order valence-corrected chi connectivity index (χ4v) is 2.09. The Morgan fingerprint density at radius 2 is 2.29 bits per heavy atom. The molecule has 1 aliphatic rings. The summed E-state index contributed by atoms with van der Waals surface area (Å²) in [7, 11) is 1.73. The highest BCUT2D eigenvalue weighted by molar-refractivity contribution is 5.94. The lowest BCUT2D eigenvalue weighted by molar-refractivity contribution is -0.139. The van der Waals surface area contributed by atoms with E-state index in [9.17, 15) is 9.59 Å². The minimum atomic E-state index is -0.879. The summed E-state index contributed by atoms with van der Waals surface area (Å²) in [5.41, 5.74) is -0.0946. The molecule has 1 fully saturated rings. The normalized spacial score (nSPS) is 17.2. The molecule has 1 aliphatic carbocycles. The molecule has 0 atom stereocenters. The van der Waals surface area contributed by atoms with Crippen molar-refractivity contribution in [2.45, 2.75) is 31.2 Å². The van der Waals surface area contributed by atoms with E-state index in [4.69, 9.17) is 5.11 Å². The third-order valence-electron chi connectivity index (χ3n) is 3.15. The molecule has 0 aromatic carbocycles. The van der Waals surface area contributed by atoms with Gasteiger partial charge in [0.05, 0.1) is 23.7 Å². The molecule has 1 aromatic heterocycles. The van der Waals surface area contributed by atoms with Gasteiger partial charge in [-0.05, 0) is 19.3 Å². The van der Waals surface area contributed by atoms with Gasteiger partial charge in [0, 0.05) is 13.2 Å². The Morgan fingerprint density at radius 1 is 1.59 bits per heavy atom.